The summed E-state index contributed by atoms with van der Waals surface area (Å²) >= 11 is 12.0. The maximum atomic E-state index is 12.1. The van der Waals surface area contributed by atoms with Crippen LogP contribution in [0, 0.1) is 0 Å². The quantitative estimate of drug-likeness (QED) is 0.769. The molecule has 2 aromatic rings. The molecule has 0 amide bonds. The topological polar surface area (TPSA) is 52.6 Å². The summed E-state index contributed by atoms with van der Waals surface area (Å²) < 4.78 is 9.99. The van der Waals surface area contributed by atoms with Crippen LogP contribution in [0.25, 0.3) is 10.8 Å². The molecule has 0 unspecified atom stereocenters. The molecule has 0 aromatic heterocycles. The van der Waals surface area contributed by atoms with Gasteiger partial charge in [-0.2, -0.15) is 0 Å². The lowest BCUT2D eigenvalue weighted by molar-refractivity contribution is 0.0479. The largest absolute Gasteiger partial charge is 0.462 e. The van der Waals surface area contributed by atoms with Crippen LogP contribution < -0.4 is 0 Å². The van der Waals surface area contributed by atoms with E-state index < -0.39 is 11.9 Å². The Labute approximate surface area is 137 Å². The van der Waals surface area contributed by atoms with Gasteiger partial charge in [0.25, 0.3) is 0 Å². The van der Waals surface area contributed by atoms with E-state index in [1.165, 1.54) is 0 Å². The molecule has 2 aromatic carbocycles. The lowest BCUT2D eigenvalue weighted by atomic mass is 10.0. The minimum absolute atomic E-state index is 0.145. The molecule has 4 nitrogen and oxygen atoms in total. The first-order valence-corrected chi connectivity index (χ1v) is 7.50. The normalized spacial score (nSPS) is 10.5. The molecule has 0 atom stereocenters. The summed E-state index contributed by atoms with van der Waals surface area (Å²) in [5.41, 5.74) is 0.289. The van der Waals surface area contributed by atoms with Crippen molar-refractivity contribution in [2.45, 2.75) is 13.8 Å². The number of fused-ring (bicyclic) bond motifs is 1. The highest BCUT2D eigenvalue weighted by Gasteiger charge is 2.20. The van der Waals surface area contributed by atoms with Crippen molar-refractivity contribution in [1.29, 1.82) is 0 Å². The second-order valence-electron chi connectivity index (χ2n) is 4.45. The van der Waals surface area contributed by atoms with E-state index in [1.807, 2.05) is 0 Å². The van der Waals surface area contributed by atoms with Gasteiger partial charge in [0, 0.05) is 0 Å². The van der Waals surface area contributed by atoms with Crippen molar-refractivity contribution in [3.05, 3.63) is 45.4 Å². The Morgan fingerprint density at radius 1 is 0.818 bits per heavy atom. The highest BCUT2D eigenvalue weighted by Crippen LogP contribution is 2.30. The van der Waals surface area contributed by atoms with Crippen molar-refractivity contribution in [2.75, 3.05) is 13.2 Å². The molecule has 0 aliphatic heterocycles. The van der Waals surface area contributed by atoms with Gasteiger partial charge in [-0.15, -0.1) is 0 Å². The molecule has 0 radical (unpaired) electrons. The minimum Gasteiger partial charge on any atom is -0.462 e. The first kappa shape index (κ1) is 16.6. The molecule has 0 heterocycles. The zero-order chi connectivity index (χ0) is 16.3. The smallest absolute Gasteiger partial charge is 0.339 e. The predicted octanol–water partition coefficient (Wildman–Crippen LogP) is 4.50. The van der Waals surface area contributed by atoms with Crippen molar-refractivity contribution in [1.82, 2.24) is 0 Å². The van der Waals surface area contributed by atoms with Crippen LogP contribution in [0.4, 0.5) is 0 Å². The number of rotatable bonds is 4. The van der Waals surface area contributed by atoms with Gasteiger partial charge < -0.3 is 9.47 Å². The van der Waals surface area contributed by atoms with Crippen LogP contribution >= 0.6 is 23.2 Å². The molecular formula is C16H14Cl2O4. The Morgan fingerprint density at radius 3 is 1.50 bits per heavy atom. The van der Waals surface area contributed by atoms with Crippen LogP contribution in [-0.4, -0.2) is 25.2 Å². The number of hydrogen-bond donors (Lipinski definition) is 0. The van der Waals surface area contributed by atoms with Crippen LogP contribution in [0.2, 0.25) is 10.0 Å². The SMILES string of the molecule is CCOC(=O)c1cc2cc(Cl)c(Cl)cc2cc1C(=O)OCC. The summed E-state index contributed by atoms with van der Waals surface area (Å²) in [4.78, 5) is 24.2. The van der Waals surface area contributed by atoms with Crippen LogP contribution in [0.5, 0.6) is 0 Å². The maximum absolute atomic E-state index is 12.1. The molecule has 22 heavy (non-hydrogen) atoms. The summed E-state index contributed by atoms with van der Waals surface area (Å²) in [7, 11) is 0. The van der Waals surface area contributed by atoms with E-state index in [0.717, 1.165) is 0 Å². The van der Waals surface area contributed by atoms with Crippen molar-refractivity contribution >= 4 is 45.9 Å². The molecule has 0 saturated heterocycles. The van der Waals surface area contributed by atoms with E-state index in [0.29, 0.717) is 20.8 Å². The Balaban J connectivity index is 2.66. The summed E-state index contributed by atoms with van der Waals surface area (Å²) in [6.07, 6.45) is 0. The number of esters is 2. The molecule has 0 spiro atoms. The van der Waals surface area contributed by atoms with Crippen LogP contribution in [-0.2, 0) is 9.47 Å². The van der Waals surface area contributed by atoms with Crippen LogP contribution in [0.1, 0.15) is 34.6 Å². The summed E-state index contributed by atoms with van der Waals surface area (Å²) in [6, 6.07) is 6.39. The third-order valence-corrected chi connectivity index (χ3v) is 3.73. The fourth-order valence-corrected chi connectivity index (χ4v) is 2.39. The number of carbonyl (C=O) groups is 2. The lowest BCUT2D eigenvalue weighted by Crippen LogP contribution is -2.14. The molecule has 0 fully saturated rings. The van der Waals surface area contributed by atoms with Crippen LogP contribution in [0.15, 0.2) is 24.3 Å². The van der Waals surface area contributed by atoms with E-state index in [1.54, 1.807) is 38.1 Å². The fourth-order valence-electron chi connectivity index (χ4n) is 2.05. The van der Waals surface area contributed by atoms with Gasteiger partial charge in [-0.05, 0) is 48.9 Å². The third-order valence-electron chi connectivity index (χ3n) is 3.01. The van der Waals surface area contributed by atoms with Gasteiger partial charge in [-0.1, -0.05) is 23.2 Å². The number of benzene rings is 2. The third kappa shape index (κ3) is 3.34. The minimum atomic E-state index is -0.585. The average Bonchev–Trinajstić information content (AvgIpc) is 2.48. The maximum Gasteiger partial charge on any atom is 0.339 e. The van der Waals surface area contributed by atoms with Crippen LogP contribution in [0.3, 0.4) is 0 Å². The van der Waals surface area contributed by atoms with Gasteiger partial charge in [-0.25, -0.2) is 9.59 Å². The highest BCUT2D eigenvalue weighted by molar-refractivity contribution is 6.42. The van der Waals surface area contributed by atoms with E-state index in [9.17, 15) is 9.59 Å². The van der Waals surface area contributed by atoms with Gasteiger partial charge in [0.15, 0.2) is 0 Å². The average molecular weight is 341 g/mol. The molecule has 6 heteroatoms. The first-order chi connectivity index (χ1) is 10.5. The van der Waals surface area contributed by atoms with Gasteiger partial charge in [0.1, 0.15) is 0 Å². The molecular weight excluding hydrogens is 327 g/mol. The van der Waals surface area contributed by atoms with Gasteiger partial charge >= 0.3 is 11.9 Å². The zero-order valence-corrected chi connectivity index (χ0v) is 13.6. The lowest BCUT2D eigenvalue weighted by Gasteiger charge is -2.11. The highest BCUT2D eigenvalue weighted by atomic mass is 35.5. The standard InChI is InChI=1S/C16H14Cl2O4/c1-3-21-15(19)11-5-9-7-13(17)14(18)8-10(9)6-12(11)16(20)22-4-2/h5-8H,3-4H2,1-2H3. The number of hydrogen-bond acceptors (Lipinski definition) is 4. The van der Waals surface area contributed by atoms with Gasteiger partial charge in [0.05, 0.1) is 34.4 Å². The van der Waals surface area contributed by atoms with E-state index in [-0.39, 0.29) is 24.3 Å². The molecule has 0 N–H and O–H groups in total. The van der Waals surface area contributed by atoms with E-state index in [2.05, 4.69) is 0 Å². The van der Waals surface area contributed by atoms with Gasteiger partial charge in [-0.3, -0.25) is 0 Å². The second kappa shape index (κ2) is 6.99. The molecule has 116 valence electrons. The van der Waals surface area contributed by atoms with E-state index in [4.69, 9.17) is 32.7 Å². The number of ether oxygens (including phenoxy) is 2. The fraction of sp³-hybridized carbons (Fsp3) is 0.250. The monoisotopic (exact) mass is 340 g/mol. The molecule has 0 aliphatic rings. The Morgan fingerprint density at radius 2 is 1.18 bits per heavy atom. The Kier molecular flexibility index (Phi) is 5.27. The molecule has 0 aliphatic carbocycles. The Hall–Kier alpha value is -1.78. The first-order valence-electron chi connectivity index (χ1n) is 6.75. The van der Waals surface area contributed by atoms with Crippen molar-refractivity contribution < 1.29 is 19.1 Å². The molecule has 2 rings (SSSR count). The van der Waals surface area contributed by atoms with Crippen molar-refractivity contribution in [3.8, 4) is 0 Å². The zero-order valence-electron chi connectivity index (χ0n) is 12.1. The predicted molar refractivity (Wildman–Crippen MR) is 85.9 cm³/mol. The summed E-state index contributed by atoms with van der Waals surface area (Å²) in [6.45, 7) is 3.81. The molecule has 0 bridgehead atoms. The van der Waals surface area contributed by atoms with E-state index >= 15 is 0 Å². The summed E-state index contributed by atoms with van der Waals surface area (Å²) in [5.74, 6) is -1.17. The second-order valence-corrected chi connectivity index (χ2v) is 5.27. The van der Waals surface area contributed by atoms with Crippen molar-refractivity contribution in [3.63, 3.8) is 0 Å². The Bertz CT molecular complexity index is 678. The van der Waals surface area contributed by atoms with Gasteiger partial charge in [0.2, 0.25) is 0 Å². The number of halogens is 2. The summed E-state index contributed by atoms with van der Waals surface area (Å²) in [5, 5.41) is 2.11. The molecule has 0 saturated carbocycles. The van der Waals surface area contributed by atoms with Crippen molar-refractivity contribution in [2.24, 2.45) is 0 Å². The number of carbonyl (C=O) groups excluding carboxylic acids is 2.